The fraction of sp³-hybridized carbons (Fsp3) is 0.538. The minimum atomic E-state index is -2.58. The van der Waals surface area contributed by atoms with Crippen molar-refractivity contribution in [2.24, 2.45) is 11.7 Å². The first-order valence-corrected chi connectivity index (χ1v) is 6.77. The van der Waals surface area contributed by atoms with Crippen molar-refractivity contribution >= 4 is 15.9 Å². The highest BCUT2D eigenvalue weighted by atomic mass is 79.9. The van der Waals surface area contributed by atoms with Crippen molar-refractivity contribution in [2.75, 3.05) is 0 Å². The van der Waals surface area contributed by atoms with E-state index >= 15 is 0 Å². The molecule has 1 aliphatic rings. The van der Waals surface area contributed by atoms with Gasteiger partial charge in [-0.3, -0.25) is 0 Å². The molecular weight excluding hydrogens is 307 g/mol. The van der Waals surface area contributed by atoms with E-state index in [0.717, 1.165) is 0 Å². The molecular formula is C13H15BrF3N. The Kier molecular flexibility index (Phi) is 4.02. The van der Waals surface area contributed by atoms with Crippen LogP contribution in [0.3, 0.4) is 0 Å². The molecule has 0 heterocycles. The number of halogens is 4. The molecule has 0 amide bonds. The Morgan fingerprint density at radius 2 is 1.89 bits per heavy atom. The fourth-order valence-electron chi connectivity index (χ4n) is 2.45. The van der Waals surface area contributed by atoms with Gasteiger partial charge in [0.25, 0.3) is 0 Å². The predicted octanol–water partition coefficient (Wildman–Crippen LogP) is 4.41. The van der Waals surface area contributed by atoms with Gasteiger partial charge >= 0.3 is 0 Å². The average Bonchev–Trinajstić information content (AvgIpc) is 2.32. The normalized spacial score (nSPS) is 21.8. The summed E-state index contributed by atoms with van der Waals surface area (Å²) < 4.78 is 40.4. The van der Waals surface area contributed by atoms with Gasteiger partial charge in [-0.1, -0.05) is 12.1 Å². The lowest BCUT2D eigenvalue weighted by molar-refractivity contribution is -0.0484. The quantitative estimate of drug-likeness (QED) is 0.857. The van der Waals surface area contributed by atoms with E-state index in [-0.39, 0.29) is 24.6 Å². The lowest BCUT2D eigenvalue weighted by atomic mass is 9.80. The lowest BCUT2D eigenvalue weighted by Crippen LogP contribution is -2.31. The number of rotatable bonds is 2. The maximum Gasteiger partial charge on any atom is 0.248 e. The summed E-state index contributed by atoms with van der Waals surface area (Å²) in [5, 5.41) is 0. The van der Waals surface area contributed by atoms with Crippen LogP contribution in [0.2, 0.25) is 0 Å². The van der Waals surface area contributed by atoms with Gasteiger partial charge in [-0.15, -0.1) is 0 Å². The van der Waals surface area contributed by atoms with E-state index in [1.807, 2.05) is 0 Å². The monoisotopic (exact) mass is 321 g/mol. The molecule has 0 saturated heterocycles. The largest absolute Gasteiger partial charge is 0.324 e. The van der Waals surface area contributed by atoms with Crippen molar-refractivity contribution in [1.29, 1.82) is 0 Å². The second-order valence-electron chi connectivity index (χ2n) is 4.86. The van der Waals surface area contributed by atoms with Crippen LogP contribution < -0.4 is 5.73 Å². The Bertz CT molecular complexity index is 426. The number of benzene rings is 1. The Labute approximate surface area is 113 Å². The van der Waals surface area contributed by atoms with Gasteiger partial charge in [-0.2, -0.15) is 0 Å². The van der Waals surface area contributed by atoms with Crippen LogP contribution in [0.15, 0.2) is 22.7 Å². The Hall–Kier alpha value is -0.550. The van der Waals surface area contributed by atoms with Crippen molar-refractivity contribution in [3.8, 4) is 0 Å². The minimum Gasteiger partial charge on any atom is -0.324 e. The SMILES string of the molecule is NC(c1cccc(Br)c1F)C1CCC(F)(F)CC1. The van der Waals surface area contributed by atoms with Crippen molar-refractivity contribution in [1.82, 2.24) is 0 Å². The lowest BCUT2D eigenvalue weighted by Gasteiger charge is -2.32. The highest BCUT2D eigenvalue weighted by Crippen LogP contribution is 2.41. The van der Waals surface area contributed by atoms with Crippen molar-refractivity contribution in [2.45, 2.75) is 37.6 Å². The first kappa shape index (κ1) is 13.9. The third-order valence-electron chi connectivity index (χ3n) is 3.61. The Morgan fingerprint density at radius 3 is 2.50 bits per heavy atom. The van der Waals surface area contributed by atoms with Crippen LogP contribution in [0, 0.1) is 11.7 Å². The van der Waals surface area contributed by atoms with Crippen molar-refractivity contribution in [3.05, 3.63) is 34.1 Å². The topological polar surface area (TPSA) is 26.0 Å². The molecule has 0 spiro atoms. The van der Waals surface area contributed by atoms with Crippen molar-refractivity contribution in [3.63, 3.8) is 0 Å². The molecule has 5 heteroatoms. The maximum absolute atomic E-state index is 13.9. The van der Waals surface area contributed by atoms with E-state index < -0.39 is 12.0 Å². The van der Waals surface area contributed by atoms with E-state index in [0.29, 0.717) is 22.9 Å². The molecule has 0 aliphatic heterocycles. The molecule has 1 aromatic rings. The first-order valence-electron chi connectivity index (χ1n) is 5.98. The van der Waals surface area contributed by atoms with Crippen molar-refractivity contribution < 1.29 is 13.2 Å². The van der Waals surface area contributed by atoms with Crippen LogP contribution in [0.25, 0.3) is 0 Å². The van der Waals surface area contributed by atoms with Crippen LogP contribution in [-0.2, 0) is 0 Å². The zero-order valence-electron chi connectivity index (χ0n) is 9.80. The molecule has 1 fully saturated rings. The summed E-state index contributed by atoms with van der Waals surface area (Å²) in [6, 6.07) is 4.41. The second kappa shape index (κ2) is 5.21. The molecule has 1 unspecified atom stereocenters. The van der Waals surface area contributed by atoms with Crippen LogP contribution in [0.5, 0.6) is 0 Å². The second-order valence-corrected chi connectivity index (χ2v) is 5.72. The molecule has 0 radical (unpaired) electrons. The Morgan fingerprint density at radius 1 is 1.28 bits per heavy atom. The fourth-order valence-corrected chi connectivity index (χ4v) is 2.83. The summed E-state index contributed by atoms with van der Waals surface area (Å²) in [5.74, 6) is -3.04. The standard InChI is InChI=1S/C13H15BrF3N/c14-10-3-1-2-9(11(10)15)12(18)8-4-6-13(16,17)7-5-8/h1-3,8,12H,4-7,18H2. The Balaban J connectivity index is 2.12. The van der Waals surface area contributed by atoms with Gasteiger partial charge in [0.2, 0.25) is 5.92 Å². The molecule has 1 saturated carbocycles. The average molecular weight is 322 g/mol. The van der Waals surface area contributed by atoms with Gasteiger partial charge in [-0.05, 0) is 40.8 Å². The van der Waals surface area contributed by atoms with Gasteiger partial charge in [0.15, 0.2) is 0 Å². The number of alkyl halides is 2. The molecule has 2 rings (SSSR count). The third-order valence-corrected chi connectivity index (χ3v) is 4.22. The van der Waals surface area contributed by atoms with Gasteiger partial charge in [-0.25, -0.2) is 13.2 Å². The van der Waals surface area contributed by atoms with Crippen LogP contribution in [-0.4, -0.2) is 5.92 Å². The minimum absolute atomic E-state index is 0.0755. The zero-order valence-corrected chi connectivity index (χ0v) is 11.4. The smallest absolute Gasteiger partial charge is 0.248 e. The molecule has 0 bridgehead atoms. The summed E-state index contributed by atoms with van der Waals surface area (Å²) in [6.45, 7) is 0. The summed E-state index contributed by atoms with van der Waals surface area (Å²) in [5.41, 5.74) is 6.42. The van der Waals surface area contributed by atoms with E-state index in [4.69, 9.17) is 5.73 Å². The van der Waals surface area contributed by atoms with Crippen LogP contribution in [0.4, 0.5) is 13.2 Å². The highest BCUT2D eigenvalue weighted by molar-refractivity contribution is 9.10. The van der Waals surface area contributed by atoms with Crippen LogP contribution >= 0.6 is 15.9 Å². The third kappa shape index (κ3) is 2.88. The number of hydrogen-bond donors (Lipinski definition) is 1. The predicted molar refractivity (Wildman–Crippen MR) is 67.9 cm³/mol. The van der Waals surface area contributed by atoms with E-state index in [1.54, 1.807) is 18.2 Å². The molecule has 1 aromatic carbocycles. The molecule has 1 nitrogen and oxygen atoms in total. The summed E-state index contributed by atoms with van der Waals surface area (Å²) in [6.07, 6.45) is 0.391. The summed E-state index contributed by atoms with van der Waals surface area (Å²) in [4.78, 5) is 0. The van der Waals surface area contributed by atoms with Gasteiger partial charge in [0.05, 0.1) is 4.47 Å². The van der Waals surface area contributed by atoms with E-state index in [1.165, 1.54) is 0 Å². The molecule has 100 valence electrons. The van der Waals surface area contributed by atoms with Crippen LogP contribution in [0.1, 0.15) is 37.3 Å². The number of hydrogen-bond acceptors (Lipinski definition) is 1. The maximum atomic E-state index is 13.9. The zero-order chi connectivity index (χ0) is 13.3. The molecule has 1 aliphatic carbocycles. The summed E-state index contributed by atoms with van der Waals surface area (Å²) in [7, 11) is 0. The van der Waals surface area contributed by atoms with E-state index in [9.17, 15) is 13.2 Å². The molecule has 2 N–H and O–H groups in total. The number of nitrogens with two attached hydrogens (primary N) is 1. The molecule has 0 aromatic heterocycles. The molecule has 18 heavy (non-hydrogen) atoms. The van der Waals surface area contributed by atoms with Gasteiger partial charge in [0.1, 0.15) is 5.82 Å². The summed E-state index contributed by atoms with van der Waals surface area (Å²) >= 11 is 3.11. The van der Waals surface area contributed by atoms with Gasteiger partial charge in [0, 0.05) is 24.4 Å². The first-order chi connectivity index (χ1) is 8.41. The van der Waals surface area contributed by atoms with Gasteiger partial charge < -0.3 is 5.73 Å². The highest BCUT2D eigenvalue weighted by Gasteiger charge is 2.37. The van der Waals surface area contributed by atoms with E-state index in [2.05, 4.69) is 15.9 Å². The molecule has 1 atom stereocenters.